The molecule has 6 heteroatoms. The monoisotopic (exact) mass is 259 g/mol. The minimum atomic E-state index is 0.538. The molecule has 1 aliphatic carbocycles. The molecule has 1 N–H and O–H groups in total. The lowest BCUT2D eigenvalue weighted by atomic mass is 10.3. The van der Waals surface area contributed by atoms with E-state index in [4.69, 9.17) is 4.42 Å². The lowest BCUT2D eigenvalue weighted by Crippen LogP contribution is -2.17. The van der Waals surface area contributed by atoms with E-state index in [1.54, 1.807) is 6.20 Å². The zero-order valence-corrected chi connectivity index (χ0v) is 10.9. The Morgan fingerprint density at radius 1 is 1.42 bits per heavy atom. The first kappa shape index (κ1) is 12.1. The van der Waals surface area contributed by atoms with Crippen LogP contribution in [0, 0.1) is 0 Å². The molecule has 3 rings (SSSR count). The first-order chi connectivity index (χ1) is 9.31. The molecule has 0 aromatic carbocycles. The van der Waals surface area contributed by atoms with E-state index in [1.807, 2.05) is 30.3 Å². The summed E-state index contributed by atoms with van der Waals surface area (Å²) in [5.74, 6) is 0.639. The van der Waals surface area contributed by atoms with E-state index in [2.05, 4.69) is 20.5 Å². The van der Waals surface area contributed by atoms with Gasteiger partial charge >= 0.3 is 6.01 Å². The third-order valence-corrected chi connectivity index (χ3v) is 3.04. The van der Waals surface area contributed by atoms with E-state index in [1.165, 1.54) is 12.8 Å². The fourth-order valence-electron chi connectivity index (χ4n) is 1.82. The summed E-state index contributed by atoms with van der Waals surface area (Å²) >= 11 is 0. The Kier molecular flexibility index (Phi) is 3.41. The third-order valence-electron chi connectivity index (χ3n) is 3.04. The smallest absolute Gasteiger partial charge is 0.318 e. The topological polar surface area (TPSA) is 67.1 Å². The minimum Gasteiger partial charge on any atom is -0.407 e. The zero-order chi connectivity index (χ0) is 13.1. The normalized spacial score (nSPS) is 14.6. The van der Waals surface area contributed by atoms with Crippen molar-refractivity contribution in [3.63, 3.8) is 0 Å². The number of nitrogens with one attached hydrogen (secondary N) is 1. The third kappa shape index (κ3) is 3.29. The molecule has 2 aromatic rings. The number of hydrogen-bond donors (Lipinski definition) is 1. The fraction of sp³-hybridized carbons (Fsp3) is 0.462. The van der Waals surface area contributed by atoms with Crippen molar-refractivity contribution in [1.82, 2.24) is 20.5 Å². The number of aromatic nitrogens is 3. The van der Waals surface area contributed by atoms with Gasteiger partial charge < -0.3 is 14.6 Å². The van der Waals surface area contributed by atoms with E-state index in [-0.39, 0.29) is 0 Å². The zero-order valence-electron chi connectivity index (χ0n) is 10.9. The molecule has 0 bridgehead atoms. The summed E-state index contributed by atoms with van der Waals surface area (Å²) < 4.78 is 5.62. The molecule has 100 valence electrons. The highest BCUT2D eigenvalue weighted by atomic mass is 16.4. The number of anilines is 1. The Morgan fingerprint density at radius 2 is 2.32 bits per heavy atom. The van der Waals surface area contributed by atoms with E-state index in [9.17, 15) is 0 Å². The second-order valence-corrected chi connectivity index (χ2v) is 4.85. The van der Waals surface area contributed by atoms with Crippen molar-refractivity contribution >= 4 is 6.01 Å². The standard InChI is InChI=1S/C13H17N5O/c1-18(9-10-3-2-6-14-7-10)13-17-16-12(19-13)8-15-11-4-5-11/h2-3,6-7,11,15H,4-5,8-9H2,1H3. The van der Waals surface area contributed by atoms with Gasteiger partial charge in [0.05, 0.1) is 6.54 Å². The van der Waals surface area contributed by atoms with Gasteiger partial charge in [0.2, 0.25) is 5.89 Å². The van der Waals surface area contributed by atoms with Gasteiger partial charge in [0, 0.05) is 32.0 Å². The van der Waals surface area contributed by atoms with Gasteiger partial charge in [-0.2, -0.15) is 0 Å². The molecule has 0 aliphatic heterocycles. The Morgan fingerprint density at radius 3 is 3.05 bits per heavy atom. The molecule has 2 aromatic heterocycles. The van der Waals surface area contributed by atoms with Crippen LogP contribution in [0.2, 0.25) is 0 Å². The van der Waals surface area contributed by atoms with Crippen LogP contribution >= 0.6 is 0 Å². The lowest BCUT2D eigenvalue weighted by molar-refractivity contribution is 0.464. The Bertz CT molecular complexity index is 523. The largest absolute Gasteiger partial charge is 0.407 e. The molecule has 1 fully saturated rings. The summed E-state index contributed by atoms with van der Waals surface area (Å²) in [6.07, 6.45) is 6.10. The SMILES string of the molecule is CN(Cc1cccnc1)c1nnc(CNC2CC2)o1. The highest BCUT2D eigenvalue weighted by molar-refractivity contribution is 5.25. The van der Waals surface area contributed by atoms with Gasteiger partial charge in [0.1, 0.15) is 0 Å². The predicted octanol–water partition coefficient (Wildman–Crippen LogP) is 1.35. The van der Waals surface area contributed by atoms with Gasteiger partial charge in [0.25, 0.3) is 0 Å². The Labute approximate surface area is 111 Å². The molecular weight excluding hydrogens is 242 g/mol. The van der Waals surface area contributed by atoms with Gasteiger partial charge in [-0.05, 0) is 24.5 Å². The summed E-state index contributed by atoms with van der Waals surface area (Å²) in [7, 11) is 1.93. The van der Waals surface area contributed by atoms with Crippen LogP contribution in [0.1, 0.15) is 24.3 Å². The van der Waals surface area contributed by atoms with Gasteiger partial charge in [0.15, 0.2) is 0 Å². The molecule has 6 nitrogen and oxygen atoms in total. The highest BCUT2D eigenvalue weighted by Crippen LogP contribution is 2.19. The summed E-state index contributed by atoms with van der Waals surface area (Å²) in [5.41, 5.74) is 1.11. The van der Waals surface area contributed by atoms with Gasteiger partial charge in [-0.1, -0.05) is 11.2 Å². The Balaban J connectivity index is 1.58. The van der Waals surface area contributed by atoms with Crippen molar-refractivity contribution in [2.75, 3.05) is 11.9 Å². The van der Waals surface area contributed by atoms with Crippen molar-refractivity contribution < 1.29 is 4.42 Å². The second kappa shape index (κ2) is 5.36. The van der Waals surface area contributed by atoms with Crippen LogP contribution in [0.25, 0.3) is 0 Å². The van der Waals surface area contributed by atoms with Crippen molar-refractivity contribution in [1.29, 1.82) is 0 Å². The molecule has 1 aliphatic rings. The average molecular weight is 259 g/mol. The molecule has 1 saturated carbocycles. The molecule has 19 heavy (non-hydrogen) atoms. The van der Waals surface area contributed by atoms with Crippen LogP contribution in [0.5, 0.6) is 0 Å². The van der Waals surface area contributed by atoms with Crippen molar-refractivity contribution in [3.8, 4) is 0 Å². The molecule has 0 spiro atoms. The van der Waals surface area contributed by atoms with Crippen molar-refractivity contribution in [3.05, 3.63) is 36.0 Å². The molecule has 0 amide bonds. The van der Waals surface area contributed by atoms with Crippen LogP contribution in [0.4, 0.5) is 6.01 Å². The molecule has 2 heterocycles. The molecule has 0 saturated heterocycles. The van der Waals surface area contributed by atoms with Crippen molar-refractivity contribution in [2.24, 2.45) is 0 Å². The van der Waals surface area contributed by atoms with Crippen LogP contribution in [0.15, 0.2) is 28.9 Å². The van der Waals surface area contributed by atoms with Crippen molar-refractivity contribution in [2.45, 2.75) is 32.0 Å². The van der Waals surface area contributed by atoms with Gasteiger partial charge in [-0.3, -0.25) is 4.98 Å². The van der Waals surface area contributed by atoms with E-state index in [0.29, 0.717) is 31.0 Å². The predicted molar refractivity (Wildman–Crippen MR) is 70.5 cm³/mol. The van der Waals surface area contributed by atoms with E-state index >= 15 is 0 Å². The Hall–Kier alpha value is -1.95. The van der Waals surface area contributed by atoms with Gasteiger partial charge in [-0.15, -0.1) is 5.10 Å². The number of hydrogen-bond acceptors (Lipinski definition) is 6. The number of rotatable bonds is 6. The lowest BCUT2D eigenvalue weighted by Gasteiger charge is -2.13. The van der Waals surface area contributed by atoms with Crippen LogP contribution in [-0.4, -0.2) is 28.3 Å². The maximum absolute atomic E-state index is 5.62. The molecular formula is C13H17N5O. The van der Waals surface area contributed by atoms with Crippen LogP contribution < -0.4 is 10.2 Å². The quantitative estimate of drug-likeness (QED) is 0.844. The summed E-state index contributed by atoms with van der Waals surface area (Å²) in [5, 5.41) is 11.5. The highest BCUT2D eigenvalue weighted by Gasteiger charge is 2.21. The summed E-state index contributed by atoms with van der Waals surface area (Å²) in [6.45, 7) is 1.35. The molecule has 0 radical (unpaired) electrons. The number of pyridine rings is 1. The van der Waals surface area contributed by atoms with E-state index in [0.717, 1.165) is 5.56 Å². The van der Waals surface area contributed by atoms with Crippen LogP contribution in [-0.2, 0) is 13.1 Å². The molecule has 0 atom stereocenters. The summed E-state index contributed by atoms with van der Waals surface area (Å²) in [4.78, 5) is 6.01. The van der Waals surface area contributed by atoms with E-state index < -0.39 is 0 Å². The maximum Gasteiger partial charge on any atom is 0.318 e. The maximum atomic E-state index is 5.62. The minimum absolute atomic E-state index is 0.538. The first-order valence-electron chi connectivity index (χ1n) is 6.47. The average Bonchev–Trinajstić information content (AvgIpc) is 3.14. The van der Waals surface area contributed by atoms with Gasteiger partial charge in [-0.25, -0.2) is 0 Å². The fourth-order valence-corrected chi connectivity index (χ4v) is 1.82. The molecule has 0 unspecified atom stereocenters. The first-order valence-corrected chi connectivity index (χ1v) is 6.47. The van der Waals surface area contributed by atoms with Crippen LogP contribution in [0.3, 0.4) is 0 Å². The summed E-state index contributed by atoms with van der Waals surface area (Å²) in [6, 6.07) is 5.12. The number of nitrogens with zero attached hydrogens (tertiary/aromatic N) is 4. The second-order valence-electron chi connectivity index (χ2n) is 4.85.